The van der Waals surface area contributed by atoms with Gasteiger partial charge in [0.25, 0.3) is 0 Å². The third kappa shape index (κ3) is 4.79. The summed E-state index contributed by atoms with van der Waals surface area (Å²) >= 11 is 2.42. The summed E-state index contributed by atoms with van der Waals surface area (Å²) in [5.74, 6) is 0.816. The molecule has 1 aromatic heterocycles. The molecule has 0 bridgehead atoms. The number of ether oxygens (including phenoxy) is 1. The van der Waals surface area contributed by atoms with E-state index in [0.717, 1.165) is 29.9 Å². The number of rotatable bonds is 3. The Morgan fingerprint density at radius 1 is 1.19 bits per heavy atom. The van der Waals surface area contributed by atoms with Gasteiger partial charge >= 0.3 is 6.09 Å². The molecule has 1 atom stereocenters. The molecular formula is C25H28IN3O2. The highest BCUT2D eigenvalue weighted by atomic mass is 127. The number of likely N-dealkylation sites (tertiary alicyclic amines) is 1. The van der Waals surface area contributed by atoms with E-state index in [2.05, 4.69) is 75.9 Å². The Balaban J connectivity index is 1.63. The zero-order valence-corrected chi connectivity index (χ0v) is 20.6. The first-order valence-electron chi connectivity index (χ1n) is 10.6. The fraction of sp³-hybridized carbons (Fsp3) is 0.360. The lowest BCUT2D eigenvalue weighted by Crippen LogP contribution is -2.36. The molecule has 31 heavy (non-hydrogen) atoms. The summed E-state index contributed by atoms with van der Waals surface area (Å²) in [6.07, 6.45) is 3.43. The molecule has 1 saturated heterocycles. The Morgan fingerprint density at radius 2 is 1.94 bits per heavy atom. The highest BCUT2D eigenvalue weighted by Gasteiger charge is 2.34. The van der Waals surface area contributed by atoms with Gasteiger partial charge in [-0.15, -0.1) is 0 Å². The molecule has 2 heterocycles. The summed E-state index contributed by atoms with van der Waals surface area (Å²) in [7, 11) is 0. The number of aryl methyl sites for hydroxylation is 1. The van der Waals surface area contributed by atoms with Gasteiger partial charge in [0, 0.05) is 15.7 Å². The maximum atomic E-state index is 12.7. The number of nitrogens with zero attached hydrogens (tertiary/aromatic N) is 2. The second-order valence-electron chi connectivity index (χ2n) is 9.03. The van der Waals surface area contributed by atoms with E-state index in [1.165, 1.54) is 20.3 Å². The van der Waals surface area contributed by atoms with Crippen LogP contribution >= 0.6 is 22.6 Å². The van der Waals surface area contributed by atoms with Gasteiger partial charge in [-0.3, -0.25) is 4.90 Å². The fourth-order valence-electron chi connectivity index (χ4n) is 4.00. The quantitative estimate of drug-likeness (QED) is 0.383. The average molecular weight is 529 g/mol. The van der Waals surface area contributed by atoms with E-state index in [0.29, 0.717) is 6.54 Å². The van der Waals surface area contributed by atoms with E-state index in [-0.39, 0.29) is 12.1 Å². The van der Waals surface area contributed by atoms with Crippen molar-refractivity contribution in [2.75, 3.05) is 6.54 Å². The summed E-state index contributed by atoms with van der Waals surface area (Å²) < 4.78 is 6.85. The second-order valence-corrected chi connectivity index (χ2v) is 10.1. The van der Waals surface area contributed by atoms with Gasteiger partial charge in [-0.05, 0) is 92.0 Å². The van der Waals surface area contributed by atoms with Crippen molar-refractivity contribution in [3.63, 3.8) is 0 Å². The van der Waals surface area contributed by atoms with Crippen molar-refractivity contribution in [1.82, 2.24) is 14.9 Å². The van der Waals surface area contributed by atoms with Crippen molar-refractivity contribution in [2.24, 2.45) is 0 Å². The maximum Gasteiger partial charge on any atom is 0.410 e. The molecule has 0 saturated carbocycles. The highest BCUT2D eigenvalue weighted by molar-refractivity contribution is 14.1. The summed E-state index contributed by atoms with van der Waals surface area (Å²) in [4.78, 5) is 22.6. The zero-order valence-electron chi connectivity index (χ0n) is 18.4. The second kappa shape index (κ2) is 8.65. The Kier molecular flexibility index (Phi) is 6.10. The van der Waals surface area contributed by atoms with Crippen LogP contribution in [-0.2, 0) is 4.74 Å². The topological polar surface area (TPSA) is 58.2 Å². The van der Waals surface area contributed by atoms with Gasteiger partial charge < -0.3 is 9.72 Å². The monoisotopic (exact) mass is 529 g/mol. The molecule has 1 fully saturated rings. The predicted octanol–water partition coefficient (Wildman–Crippen LogP) is 6.73. The van der Waals surface area contributed by atoms with Gasteiger partial charge in [-0.1, -0.05) is 30.3 Å². The molecular weight excluding hydrogens is 501 g/mol. The number of imidazole rings is 1. The van der Waals surface area contributed by atoms with E-state index in [1.807, 2.05) is 33.0 Å². The van der Waals surface area contributed by atoms with Crippen LogP contribution in [0.25, 0.3) is 22.4 Å². The number of nitrogens with one attached hydrogen (secondary N) is 1. The molecule has 0 radical (unpaired) electrons. The molecule has 6 heteroatoms. The molecule has 3 aromatic rings. The van der Waals surface area contributed by atoms with Crippen LogP contribution in [0.5, 0.6) is 0 Å². The minimum Gasteiger partial charge on any atom is -0.444 e. The molecule has 1 aliphatic heterocycles. The van der Waals surface area contributed by atoms with Crippen LogP contribution in [0.4, 0.5) is 4.79 Å². The first-order chi connectivity index (χ1) is 14.7. The van der Waals surface area contributed by atoms with Crippen LogP contribution in [0.1, 0.15) is 51.0 Å². The molecule has 0 spiro atoms. The number of halogens is 1. The number of aromatic amines is 1. The predicted molar refractivity (Wildman–Crippen MR) is 132 cm³/mol. The zero-order chi connectivity index (χ0) is 22.2. The molecule has 5 nitrogen and oxygen atoms in total. The third-order valence-corrected chi connectivity index (χ3v) is 6.87. The van der Waals surface area contributed by atoms with E-state index in [4.69, 9.17) is 4.74 Å². The SMILES string of the molecule is Cc1cc(-c2cnc(C3CCCN3C(=O)OC(C)(C)C)[nH]2)cc(-c2ccccc2)c1I. The maximum absolute atomic E-state index is 12.7. The van der Waals surface area contributed by atoms with Gasteiger partial charge in [0.2, 0.25) is 0 Å². The van der Waals surface area contributed by atoms with Crippen molar-refractivity contribution in [2.45, 2.75) is 52.2 Å². The minimum absolute atomic E-state index is 0.0814. The van der Waals surface area contributed by atoms with Gasteiger partial charge in [0.05, 0.1) is 17.9 Å². The van der Waals surface area contributed by atoms with Gasteiger partial charge in [0.1, 0.15) is 11.4 Å². The molecule has 2 aromatic carbocycles. The van der Waals surface area contributed by atoms with Gasteiger partial charge in [0.15, 0.2) is 0 Å². The summed E-state index contributed by atoms with van der Waals surface area (Å²) in [5, 5.41) is 0. The summed E-state index contributed by atoms with van der Waals surface area (Å²) in [6.45, 7) is 8.51. The van der Waals surface area contributed by atoms with Crippen molar-refractivity contribution < 1.29 is 9.53 Å². The number of benzene rings is 2. The van der Waals surface area contributed by atoms with Crippen molar-refractivity contribution in [3.05, 3.63) is 63.6 Å². The normalized spacial score (nSPS) is 16.5. The smallest absolute Gasteiger partial charge is 0.410 e. The van der Waals surface area contributed by atoms with Gasteiger partial charge in [-0.25, -0.2) is 9.78 Å². The van der Waals surface area contributed by atoms with E-state index >= 15 is 0 Å². The fourth-order valence-corrected chi connectivity index (χ4v) is 4.62. The van der Waals surface area contributed by atoms with Crippen molar-refractivity contribution in [3.8, 4) is 22.4 Å². The van der Waals surface area contributed by atoms with E-state index in [1.54, 1.807) is 4.90 Å². The van der Waals surface area contributed by atoms with E-state index < -0.39 is 5.60 Å². The number of hydrogen-bond acceptors (Lipinski definition) is 3. The molecule has 162 valence electrons. The minimum atomic E-state index is -0.509. The Bertz CT molecular complexity index is 1090. The largest absolute Gasteiger partial charge is 0.444 e. The van der Waals surface area contributed by atoms with Crippen molar-refractivity contribution >= 4 is 28.7 Å². The first kappa shape index (κ1) is 21.9. The lowest BCUT2D eigenvalue weighted by molar-refractivity contribution is 0.0218. The number of carbonyl (C=O) groups is 1. The summed E-state index contributed by atoms with van der Waals surface area (Å²) in [6, 6.07) is 14.7. The average Bonchev–Trinajstić information content (AvgIpc) is 3.38. The standard InChI is InChI=1S/C25H28IN3O2/c1-16-13-18(14-19(22(16)26)17-9-6-5-7-10-17)20-15-27-23(28-20)21-11-8-12-29(21)24(30)31-25(2,3)4/h5-7,9-10,13-15,21H,8,11-12H2,1-4H3,(H,27,28). The van der Waals surface area contributed by atoms with Crippen LogP contribution in [0.3, 0.4) is 0 Å². The lowest BCUT2D eigenvalue weighted by atomic mass is 9.99. The number of hydrogen-bond donors (Lipinski definition) is 1. The van der Waals surface area contributed by atoms with Crippen LogP contribution < -0.4 is 0 Å². The molecule has 1 amide bonds. The number of carbonyl (C=O) groups excluding carboxylic acids is 1. The highest BCUT2D eigenvalue weighted by Crippen LogP contribution is 2.35. The Labute approximate surface area is 197 Å². The van der Waals surface area contributed by atoms with Crippen LogP contribution in [0.2, 0.25) is 0 Å². The molecule has 1 N–H and O–H groups in total. The molecule has 1 aliphatic rings. The third-order valence-electron chi connectivity index (χ3n) is 5.44. The lowest BCUT2D eigenvalue weighted by Gasteiger charge is -2.27. The van der Waals surface area contributed by atoms with Crippen LogP contribution in [-0.4, -0.2) is 33.1 Å². The summed E-state index contributed by atoms with van der Waals surface area (Å²) in [5.41, 5.74) is 5.18. The van der Waals surface area contributed by atoms with E-state index in [9.17, 15) is 4.79 Å². The van der Waals surface area contributed by atoms with Crippen molar-refractivity contribution in [1.29, 1.82) is 0 Å². The number of H-pyrrole nitrogens is 1. The Hall–Kier alpha value is -2.35. The van der Waals surface area contributed by atoms with Gasteiger partial charge in [-0.2, -0.15) is 0 Å². The van der Waals surface area contributed by atoms with Crippen LogP contribution in [0.15, 0.2) is 48.7 Å². The molecule has 0 aliphatic carbocycles. The Morgan fingerprint density at radius 3 is 2.65 bits per heavy atom. The molecule has 4 rings (SSSR count). The molecule has 1 unspecified atom stereocenters. The number of aromatic nitrogens is 2. The number of amides is 1. The van der Waals surface area contributed by atoms with Crippen LogP contribution in [0, 0.1) is 10.5 Å². The first-order valence-corrected chi connectivity index (χ1v) is 11.7.